The summed E-state index contributed by atoms with van der Waals surface area (Å²) in [6.07, 6.45) is 1.61. The fraction of sp³-hybridized carbons (Fsp3) is 0.125. The van der Waals surface area contributed by atoms with Crippen molar-refractivity contribution in [2.24, 2.45) is 0 Å². The number of ether oxygens (including phenoxy) is 2. The fourth-order valence-electron chi connectivity index (χ4n) is 2.86. The molecule has 0 N–H and O–H groups in total. The summed E-state index contributed by atoms with van der Waals surface area (Å²) in [5.41, 5.74) is 1.99. The minimum absolute atomic E-state index is 0.215. The van der Waals surface area contributed by atoms with Crippen LogP contribution in [0.1, 0.15) is 23.6 Å². The van der Waals surface area contributed by atoms with Gasteiger partial charge in [-0.3, -0.25) is 0 Å². The molecule has 0 unspecified atom stereocenters. The van der Waals surface area contributed by atoms with Gasteiger partial charge in [-0.25, -0.2) is 4.39 Å². The van der Waals surface area contributed by atoms with Crippen LogP contribution in [0.3, 0.4) is 0 Å². The summed E-state index contributed by atoms with van der Waals surface area (Å²) in [5.74, 6) is 0.586. The maximum atomic E-state index is 14.1. The van der Waals surface area contributed by atoms with Gasteiger partial charge in [0.05, 0.1) is 22.7 Å². The van der Waals surface area contributed by atoms with Crippen LogP contribution in [-0.2, 0) is 6.61 Å². The van der Waals surface area contributed by atoms with Gasteiger partial charge >= 0.3 is 0 Å². The molecular weight excluding hydrogens is 469 g/mol. The number of hydrogen-bond donors (Lipinski definition) is 0. The van der Waals surface area contributed by atoms with E-state index in [4.69, 9.17) is 21.1 Å². The molecule has 3 aromatic rings. The lowest BCUT2D eigenvalue weighted by Gasteiger charge is -2.15. The average Bonchev–Trinajstić information content (AvgIpc) is 2.73. The number of hydrogen-bond acceptors (Lipinski definition) is 3. The molecule has 6 heteroatoms. The Bertz CT molecular complexity index is 1120. The van der Waals surface area contributed by atoms with E-state index in [1.165, 1.54) is 6.07 Å². The van der Waals surface area contributed by atoms with E-state index in [-0.39, 0.29) is 17.7 Å². The lowest BCUT2D eigenvalue weighted by atomic mass is 10.0. The second kappa shape index (κ2) is 10.3. The molecule has 0 saturated carbocycles. The Morgan fingerprint density at radius 2 is 1.87 bits per heavy atom. The third kappa shape index (κ3) is 5.21. The number of nitrogens with zero attached hydrogens (tertiary/aromatic N) is 1. The van der Waals surface area contributed by atoms with Crippen molar-refractivity contribution in [3.05, 3.63) is 92.7 Å². The minimum atomic E-state index is -0.450. The largest absolute Gasteiger partial charge is 0.490 e. The van der Waals surface area contributed by atoms with Crippen LogP contribution in [0.5, 0.6) is 11.5 Å². The maximum absolute atomic E-state index is 14.1. The zero-order valence-corrected chi connectivity index (χ0v) is 18.5. The first-order chi connectivity index (χ1) is 14.5. The Labute approximate surface area is 188 Å². The standard InChI is InChI=1S/C24H18BrClFNO2/c1-2-29-23-13-16(11-18(14-28)19-8-4-6-10-22(19)27)12-20(25)24(23)30-15-17-7-3-5-9-21(17)26/h3-13H,2,15H2,1H3. The molecule has 0 spiro atoms. The van der Waals surface area contributed by atoms with Gasteiger partial charge in [0.2, 0.25) is 0 Å². The van der Waals surface area contributed by atoms with E-state index in [2.05, 4.69) is 22.0 Å². The van der Waals surface area contributed by atoms with Crippen molar-refractivity contribution in [1.82, 2.24) is 0 Å². The Balaban J connectivity index is 1.95. The van der Waals surface area contributed by atoms with Gasteiger partial charge in [0.1, 0.15) is 12.4 Å². The van der Waals surface area contributed by atoms with Crippen molar-refractivity contribution in [3.8, 4) is 17.6 Å². The van der Waals surface area contributed by atoms with Crippen LogP contribution in [0.2, 0.25) is 5.02 Å². The molecular formula is C24H18BrClFNO2. The maximum Gasteiger partial charge on any atom is 0.175 e. The SMILES string of the molecule is CCOc1cc(C=C(C#N)c2ccccc2F)cc(Br)c1OCc1ccccc1Cl. The first kappa shape index (κ1) is 21.9. The third-order valence-electron chi connectivity index (χ3n) is 4.26. The van der Waals surface area contributed by atoms with Gasteiger partial charge in [0.15, 0.2) is 11.5 Å². The van der Waals surface area contributed by atoms with Crippen LogP contribution in [0.4, 0.5) is 4.39 Å². The predicted octanol–water partition coefficient (Wildman–Crippen LogP) is 7.28. The first-order valence-corrected chi connectivity index (χ1v) is 10.4. The molecule has 3 nitrogen and oxygen atoms in total. The molecule has 3 rings (SSSR count). The van der Waals surface area contributed by atoms with E-state index in [0.29, 0.717) is 33.2 Å². The van der Waals surface area contributed by atoms with Crippen LogP contribution in [0.15, 0.2) is 65.1 Å². The van der Waals surface area contributed by atoms with Crippen molar-refractivity contribution in [2.75, 3.05) is 6.61 Å². The van der Waals surface area contributed by atoms with Crippen LogP contribution < -0.4 is 9.47 Å². The molecule has 0 atom stereocenters. The van der Waals surface area contributed by atoms with E-state index in [1.807, 2.05) is 25.1 Å². The molecule has 0 fully saturated rings. The summed E-state index contributed by atoms with van der Waals surface area (Å²) in [6, 6.07) is 19.2. The predicted molar refractivity (Wildman–Crippen MR) is 121 cm³/mol. The van der Waals surface area contributed by atoms with Crippen molar-refractivity contribution in [1.29, 1.82) is 5.26 Å². The van der Waals surface area contributed by atoms with Gasteiger partial charge in [-0.05, 0) is 58.8 Å². The molecule has 0 amide bonds. The minimum Gasteiger partial charge on any atom is -0.490 e. The Kier molecular flexibility index (Phi) is 7.51. The zero-order chi connectivity index (χ0) is 21.5. The second-order valence-electron chi connectivity index (χ2n) is 6.29. The highest BCUT2D eigenvalue weighted by Crippen LogP contribution is 2.38. The summed E-state index contributed by atoms with van der Waals surface area (Å²) in [7, 11) is 0. The van der Waals surface area contributed by atoms with E-state index in [0.717, 1.165) is 5.56 Å². The fourth-order valence-corrected chi connectivity index (χ4v) is 3.62. The van der Waals surface area contributed by atoms with Gasteiger partial charge in [0.25, 0.3) is 0 Å². The highest BCUT2D eigenvalue weighted by Gasteiger charge is 2.14. The lowest BCUT2D eigenvalue weighted by molar-refractivity contribution is 0.267. The van der Waals surface area contributed by atoms with Crippen LogP contribution in [-0.4, -0.2) is 6.61 Å². The van der Waals surface area contributed by atoms with E-state index < -0.39 is 5.82 Å². The second-order valence-corrected chi connectivity index (χ2v) is 7.55. The molecule has 0 saturated heterocycles. The first-order valence-electron chi connectivity index (χ1n) is 9.22. The quantitative estimate of drug-likeness (QED) is 0.260. The number of halogens is 3. The van der Waals surface area contributed by atoms with Crippen molar-refractivity contribution >= 4 is 39.2 Å². The van der Waals surface area contributed by atoms with E-state index >= 15 is 0 Å². The van der Waals surface area contributed by atoms with Gasteiger partial charge in [0, 0.05) is 16.1 Å². The third-order valence-corrected chi connectivity index (χ3v) is 5.21. The number of benzene rings is 3. The molecule has 0 aliphatic carbocycles. The smallest absolute Gasteiger partial charge is 0.175 e. The molecule has 30 heavy (non-hydrogen) atoms. The van der Waals surface area contributed by atoms with Crippen LogP contribution in [0, 0.1) is 17.1 Å². The highest BCUT2D eigenvalue weighted by atomic mass is 79.9. The molecule has 0 aliphatic heterocycles. The van der Waals surface area contributed by atoms with E-state index in [9.17, 15) is 9.65 Å². The molecule has 3 aromatic carbocycles. The van der Waals surface area contributed by atoms with Crippen LogP contribution in [0.25, 0.3) is 11.6 Å². The van der Waals surface area contributed by atoms with E-state index in [1.54, 1.807) is 42.5 Å². The molecule has 0 heterocycles. The van der Waals surface area contributed by atoms with Gasteiger partial charge in [-0.15, -0.1) is 0 Å². The summed E-state index contributed by atoms with van der Waals surface area (Å²) in [5, 5.41) is 10.2. The molecule has 0 aliphatic rings. The number of nitriles is 1. The summed E-state index contributed by atoms with van der Waals surface area (Å²) in [4.78, 5) is 0. The Morgan fingerprint density at radius 1 is 1.13 bits per heavy atom. The number of allylic oxidation sites excluding steroid dienone is 1. The summed E-state index contributed by atoms with van der Waals surface area (Å²) in [6.45, 7) is 2.57. The highest BCUT2D eigenvalue weighted by molar-refractivity contribution is 9.10. The van der Waals surface area contributed by atoms with Crippen LogP contribution >= 0.6 is 27.5 Å². The topological polar surface area (TPSA) is 42.2 Å². The van der Waals surface area contributed by atoms with Gasteiger partial charge in [-0.1, -0.05) is 48.0 Å². The monoisotopic (exact) mass is 485 g/mol. The molecule has 152 valence electrons. The van der Waals surface area contributed by atoms with Crippen molar-refractivity contribution < 1.29 is 13.9 Å². The van der Waals surface area contributed by atoms with Gasteiger partial charge in [-0.2, -0.15) is 5.26 Å². The Morgan fingerprint density at radius 3 is 2.57 bits per heavy atom. The number of rotatable bonds is 7. The zero-order valence-electron chi connectivity index (χ0n) is 16.2. The summed E-state index contributed by atoms with van der Waals surface area (Å²) >= 11 is 9.73. The normalized spacial score (nSPS) is 11.1. The lowest BCUT2D eigenvalue weighted by Crippen LogP contribution is -2.01. The van der Waals surface area contributed by atoms with Crippen molar-refractivity contribution in [2.45, 2.75) is 13.5 Å². The average molecular weight is 487 g/mol. The Hall–Kier alpha value is -2.81. The molecule has 0 bridgehead atoms. The molecule has 0 radical (unpaired) electrons. The van der Waals surface area contributed by atoms with Crippen molar-refractivity contribution in [3.63, 3.8) is 0 Å². The summed E-state index contributed by atoms with van der Waals surface area (Å²) < 4.78 is 26.5. The molecule has 0 aromatic heterocycles. The van der Waals surface area contributed by atoms with Gasteiger partial charge < -0.3 is 9.47 Å².